The van der Waals surface area contributed by atoms with E-state index in [1.807, 2.05) is 6.07 Å². The highest BCUT2D eigenvalue weighted by Gasteiger charge is 2.57. The molecule has 2 N–H and O–H groups in total. The summed E-state index contributed by atoms with van der Waals surface area (Å²) in [5, 5.41) is 13.6. The van der Waals surface area contributed by atoms with Crippen LogP contribution in [0.4, 0.5) is 14.9 Å². The Balaban J connectivity index is 1.76. The second-order valence-electron chi connectivity index (χ2n) is 11.1. The van der Waals surface area contributed by atoms with Crippen molar-refractivity contribution in [3.8, 4) is 6.07 Å². The fourth-order valence-corrected chi connectivity index (χ4v) is 8.03. The van der Waals surface area contributed by atoms with Crippen molar-refractivity contribution in [1.82, 2.24) is 10.3 Å². The second-order valence-corrected chi connectivity index (χ2v) is 14.1. The number of hydrogen-bond donors (Lipinski definition) is 2. The molecule has 0 fully saturated rings. The highest BCUT2D eigenvalue weighted by Crippen LogP contribution is 2.48. The first-order valence-electron chi connectivity index (χ1n) is 12.4. The number of anilines is 1. The number of hydrogen-bond acceptors (Lipinski definition) is 8. The average molecular weight is 555 g/mol. The van der Waals surface area contributed by atoms with E-state index in [0.717, 1.165) is 0 Å². The number of nitrogens with one attached hydrogen (secondary N) is 2. The predicted molar refractivity (Wildman–Crippen MR) is 145 cm³/mol. The molecular weight excluding hydrogens is 523 g/mol. The fourth-order valence-electron chi connectivity index (χ4n) is 4.83. The molecule has 3 atom stereocenters. The summed E-state index contributed by atoms with van der Waals surface area (Å²) < 4.78 is 38.6. The molecule has 0 unspecified atom stereocenters. The van der Waals surface area contributed by atoms with E-state index in [1.165, 1.54) is 36.5 Å². The zero-order valence-corrected chi connectivity index (χ0v) is 23.5. The van der Waals surface area contributed by atoms with Gasteiger partial charge in [-0.2, -0.15) is 5.26 Å². The molecule has 0 saturated heterocycles. The Kier molecular flexibility index (Phi) is 7.02. The first-order chi connectivity index (χ1) is 18.1. The SMILES string of the molecule is CC(C)(C)OC(=O)NC1=N[C@](C)(c2cc(NC(=O)c3ccc(C#N)cn3)ccc2F)[C@@H]2CCN=[S@]2(=O)C1(C)C. The lowest BCUT2D eigenvalue weighted by atomic mass is 9.85. The van der Waals surface area contributed by atoms with Crippen molar-refractivity contribution < 1.29 is 22.9 Å². The van der Waals surface area contributed by atoms with Crippen molar-refractivity contribution in [3.05, 3.63) is 59.2 Å². The zero-order valence-electron chi connectivity index (χ0n) is 22.7. The summed E-state index contributed by atoms with van der Waals surface area (Å²) in [6.07, 6.45) is 0.921. The van der Waals surface area contributed by atoms with Crippen LogP contribution in [0.1, 0.15) is 69.6 Å². The van der Waals surface area contributed by atoms with Crippen molar-refractivity contribution in [1.29, 1.82) is 5.26 Å². The third-order valence-electron chi connectivity index (χ3n) is 6.85. The van der Waals surface area contributed by atoms with Crippen molar-refractivity contribution >= 4 is 33.3 Å². The number of carbonyl (C=O) groups excluding carboxylic acids is 2. The Morgan fingerprint density at radius 2 is 1.90 bits per heavy atom. The predicted octanol–water partition coefficient (Wildman–Crippen LogP) is 4.52. The van der Waals surface area contributed by atoms with E-state index in [4.69, 9.17) is 15.0 Å². The van der Waals surface area contributed by atoms with Crippen LogP contribution in [0.15, 0.2) is 45.9 Å². The molecule has 0 spiro atoms. The van der Waals surface area contributed by atoms with Gasteiger partial charge in [0.25, 0.3) is 5.91 Å². The minimum atomic E-state index is -3.04. The number of benzene rings is 1. The van der Waals surface area contributed by atoms with Crippen LogP contribution in [0.5, 0.6) is 0 Å². The van der Waals surface area contributed by atoms with Crippen LogP contribution in [-0.2, 0) is 20.0 Å². The molecule has 2 aliphatic rings. The number of amides is 2. The number of fused-ring (bicyclic) bond motifs is 1. The number of nitriles is 1. The molecule has 0 radical (unpaired) electrons. The summed E-state index contributed by atoms with van der Waals surface area (Å²) in [5.41, 5.74) is -1.41. The third kappa shape index (κ3) is 5.11. The van der Waals surface area contributed by atoms with Gasteiger partial charge in [-0.3, -0.25) is 15.1 Å². The van der Waals surface area contributed by atoms with E-state index in [1.54, 1.807) is 41.5 Å². The van der Waals surface area contributed by atoms with Gasteiger partial charge in [-0.15, -0.1) is 0 Å². The molecule has 2 aromatic rings. The number of nitrogens with zero attached hydrogens (tertiary/aromatic N) is 4. The minimum Gasteiger partial charge on any atom is -0.444 e. The van der Waals surface area contributed by atoms with Gasteiger partial charge < -0.3 is 10.1 Å². The van der Waals surface area contributed by atoms with Crippen LogP contribution >= 0.6 is 0 Å². The fraction of sp³-hybridized carbons (Fsp3) is 0.444. The van der Waals surface area contributed by atoms with Crippen LogP contribution in [0.2, 0.25) is 0 Å². The topological polar surface area (TPSA) is 146 Å². The smallest absolute Gasteiger partial charge is 0.413 e. The molecule has 2 amide bonds. The monoisotopic (exact) mass is 554 g/mol. The highest BCUT2D eigenvalue weighted by molar-refractivity contribution is 7.96. The number of halogens is 1. The van der Waals surface area contributed by atoms with E-state index in [-0.39, 0.29) is 22.8 Å². The normalized spacial score (nSPS) is 25.4. The number of ether oxygens (including phenoxy) is 1. The molecule has 39 heavy (non-hydrogen) atoms. The molecule has 206 valence electrons. The molecule has 1 aromatic heterocycles. The van der Waals surface area contributed by atoms with Crippen LogP contribution < -0.4 is 10.6 Å². The number of rotatable bonds is 3. The summed E-state index contributed by atoms with van der Waals surface area (Å²) >= 11 is 0. The summed E-state index contributed by atoms with van der Waals surface area (Å²) in [4.78, 5) is 34.3. The molecule has 0 saturated carbocycles. The molecule has 12 heteroatoms. The Labute approximate surface area is 227 Å². The number of alkyl carbamates (subject to hydrolysis) is 1. The van der Waals surface area contributed by atoms with Gasteiger partial charge in [-0.05, 0) is 78.3 Å². The maximum atomic E-state index is 15.5. The van der Waals surface area contributed by atoms with Crippen LogP contribution in [0.25, 0.3) is 0 Å². The summed E-state index contributed by atoms with van der Waals surface area (Å²) in [7, 11) is -3.04. The molecule has 10 nitrogen and oxygen atoms in total. The highest BCUT2D eigenvalue weighted by atomic mass is 32.2. The van der Waals surface area contributed by atoms with Crippen LogP contribution in [0, 0.1) is 17.1 Å². The van der Waals surface area contributed by atoms with Gasteiger partial charge in [0.15, 0.2) is 0 Å². The largest absolute Gasteiger partial charge is 0.444 e. The first-order valence-corrected chi connectivity index (χ1v) is 14.0. The van der Waals surface area contributed by atoms with Gasteiger partial charge in [0.05, 0.1) is 20.5 Å². The Morgan fingerprint density at radius 1 is 1.18 bits per heavy atom. The molecule has 2 aliphatic heterocycles. The Bertz CT molecular complexity index is 1530. The number of aliphatic imine (C=N–C) groups is 1. The minimum absolute atomic E-state index is 0.0741. The number of aromatic nitrogens is 1. The van der Waals surface area contributed by atoms with Gasteiger partial charge in [0.2, 0.25) is 0 Å². The first kappa shape index (κ1) is 28.2. The molecule has 0 bridgehead atoms. The van der Waals surface area contributed by atoms with Crippen molar-refractivity contribution in [2.75, 3.05) is 11.9 Å². The summed E-state index contributed by atoms with van der Waals surface area (Å²) in [5.74, 6) is -1.08. The molecule has 4 rings (SSSR count). The lowest BCUT2D eigenvalue weighted by Crippen LogP contribution is -2.60. The van der Waals surface area contributed by atoms with E-state index in [2.05, 4.69) is 20.0 Å². The standard InChI is InChI=1S/C27H31FN6O4S/c1-25(2,3)38-24(36)33-23-26(4,5)39(37)21(11-12-31-39)27(6,34-23)18-13-17(8-9-19(18)28)32-22(35)20-10-7-16(14-29)15-30-20/h7-10,13,15,21H,11-12H2,1-6H3,(H,32,35)(H,33,34,36)/t21-,27+,39+/m0/s1. The van der Waals surface area contributed by atoms with Crippen molar-refractivity contribution in [2.24, 2.45) is 9.36 Å². The van der Waals surface area contributed by atoms with E-state index in [9.17, 15) is 13.8 Å². The molecular formula is C27H31FN6O4S. The van der Waals surface area contributed by atoms with Crippen molar-refractivity contribution in [3.63, 3.8) is 0 Å². The van der Waals surface area contributed by atoms with Crippen molar-refractivity contribution in [2.45, 2.75) is 69.1 Å². The second kappa shape index (κ2) is 9.72. The molecule has 3 heterocycles. The van der Waals surface area contributed by atoms with Crippen LogP contribution in [0.3, 0.4) is 0 Å². The van der Waals surface area contributed by atoms with Gasteiger partial charge in [-0.25, -0.2) is 22.7 Å². The van der Waals surface area contributed by atoms with Gasteiger partial charge >= 0.3 is 6.09 Å². The van der Waals surface area contributed by atoms with Gasteiger partial charge in [0, 0.05) is 24.0 Å². The number of amidine groups is 1. The number of carbonyl (C=O) groups is 2. The van der Waals surface area contributed by atoms with E-state index < -0.39 is 48.7 Å². The maximum absolute atomic E-state index is 15.5. The lowest BCUT2D eigenvalue weighted by molar-refractivity contribution is 0.0560. The summed E-state index contributed by atoms with van der Waals surface area (Å²) in [6, 6.07) is 8.87. The van der Waals surface area contributed by atoms with E-state index >= 15 is 4.39 Å². The Morgan fingerprint density at radius 3 is 2.51 bits per heavy atom. The average Bonchev–Trinajstić information content (AvgIpc) is 3.27. The van der Waals surface area contributed by atoms with Crippen LogP contribution in [-0.4, -0.2) is 49.2 Å². The summed E-state index contributed by atoms with van der Waals surface area (Å²) in [6.45, 7) is 10.5. The zero-order chi connectivity index (χ0) is 28.8. The quantitative estimate of drug-likeness (QED) is 0.571. The maximum Gasteiger partial charge on any atom is 0.413 e. The molecule has 0 aliphatic carbocycles. The Hall–Kier alpha value is -3.85. The molecule has 1 aromatic carbocycles. The van der Waals surface area contributed by atoms with Gasteiger partial charge in [0.1, 0.15) is 39.3 Å². The third-order valence-corrected chi connectivity index (χ3v) is 10.5. The number of pyridine rings is 1. The lowest BCUT2D eigenvalue weighted by Gasteiger charge is -2.45. The van der Waals surface area contributed by atoms with E-state index in [0.29, 0.717) is 18.5 Å². The van der Waals surface area contributed by atoms with Gasteiger partial charge in [-0.1, -0.05) is 0 Å².